The van der Waals surface area contributed by atoms with E-state index in [1.54, 1.807) is 25.1 Å². The van der Waals surface area contributed by atoms with Gasteiger partial charge in [0.05, 0.1) is 22.1 Å². The third-order valence-electron chi connectivity index (χ3n) is 3.39. The molecular weight excluding hydrogens is 380 g/mol. The molecule has 24 heavy (non-hydrogen) atoms. The second kappa shape index (κ2) is 7.22. The van der Waals surface area contributed by atoms with Gasteiger partial charge in [-0.3, -0.25) is 14.9 Å². The molecule has 0 saturated heterocycles. The number of nitrogens with zero attached hydrogens (tertiary/aromatic N) is 1. The zero-order valence-electron chi connectivity index (χ0n) is 12.8. The Balaban J connectivity index is 2.32. The number of nitrogens with one attached hydrogen (secondary N) is 1. The lowest BCUT2D eigenvalue weighted by molar-refractivity contribution is -0.385. The van der Waals surface area contributed by atoms with Crippen LogP contribution in [0.15, 0.2) is 40.9 Å². The summed E-state index contributed by atoms with van der Waals surface area (Å²) >= 11 is 3.07. The van der Waals surface area contributed by atoms with Crippen LogP contribution in [0.4, 0.5) is 11.4 Å². The van der Waals surface area contributed by atoms with Crippen molar-refractivity contribution < 1.29 is 19.2 Å². The fourth-order valence-electron chi connectivity index (χ4n) is 2.09. The first-order valence-electron chi connectivity index (χ1n) is 6.78. The van der Waals surface area contributed by atoms with Gasteiger partial charge in [-0.05, 0) is 52.7 Å². The van der Waals surface area contributed by atoms with E-state index in [9.17, 15) is 19.7 Å². The number of nitro groups is 1. The number of benzene rings is 2. The van der Waals surface area contributed by atoms with Crippen LogP contribution in [0.5, 0.6) is 0 Å². The largest absolute Gasteiger partial charge is 0.465 e. The molecule has 0 saturated carbocycles. The highest BCUT2D eigenvalue weighted by molar-refractivity contribution is 9.10. The average molecular weight is 393 g/mol. The minimum absolute atomic E-state index is 0.132. The summed E-state index contributed by atoms with van der Waals surface area (Å²) in [5, 5.41) is 13.6. The van der Waals surface area contributed by atoms with Gasteiger partial charge in [0.15, 0.2) is 0 Å². The zero-order valence-corrected chi connectivity index (χ0v) is 14.4. The van der Waals surface area contributed by atoms with Crippen molar-refractivity contribution in [2.75, 3.05) is 12.4 Å². The van der Waals surface area contributed by atoms with E-state index in [4.69, 9.17) is 0 Å². The molecule has 0 aliphatic carbocycles. The maximum atomic E-state index is 12.3. The van der Waals surface area contributed by atoms with E-state index in [-0.39, 0.29) is 15.7 Å². The maximum absolute atomic E-state index is 12.3. The summed E-state index contributed by atoms with van der Waals surface area (Å²) in [6.45, 7) is 1.67. The number of anilines is 1. The van der Waals surface area contributed by atoms with Gasteiger partial charge in [0.1, 0.15) is 0 Å². The van der Waals surface area contributed by atoms with E-state index in [1.165, 1.54) is 25.3 Å². The Morgan fingerprint density at radius 2 is 1.96 bits per heavy atom. The van der Waals surface area contributed by atoms with Crippen LogP contribution >= 0.6 is 15.9 Å². The van der Waals surface area contributed by atoms with Gasteiger partial charge in [-0.15, -0.1) is 0 Å². The Labute approximate surface area is 145 Å². The number of esters is 1. The quantitative estimate of drug-likeness (QED) is 0.485. The van der Waals surface area contributed by atoms with Crippen molar-refractivity contribution in [3.63, 3.8) is 0 Å². The number of carbonyl (C=O) groups is 2. The molecule has 0 aliphatic heterocycles. The molecular formula is C16H13BrN2O5. The van der Waals surface area contributed by atoms with E-state index >= 15 is 0 Å². The summed E-state index contributed by atoms with van der Waals surface area (Å²) in [4.78, 5) is 34.4. The molecule has 0 atom stereocenters. The van der Waals surface area contributed by atoms with Crippen LogP contribution in [0.3, 0.4) is 0 Å². The second-order valence-corrected chi connectivity index (χ2v) is 5.70. The Hall–Kier alpha value is -2.74. The SMILES string of the molecule is COC(=O)c1cccc(NC(=O)c2ccc(Br)c([N+](=O)[O-])c2)c1C. The number of halogens is 1. The zero-order chi connectivity index (χ0) is 17.9. The summed E-state index contributed by atoms with van der Waals surface area (Å²) < 4.78 is 4.97. The number of rotatable bonds is 4. The predicted molar refractivity (Wildman–Crippen MR) is 91.3 cm³/mol. The van der Waals surface area contributed by atoms with Gasteiger partial charge < -0.3 is 10.1 Å². The Bertz CT molecular complexity index is 835. The lowest BCUT2D eigenvalue weighted by Gasteiger charge is -2.11. The molecule has 1 N–H and O–H groups in total. The molecule has 8 heteroatoms. The molecule has 2 rings (SSSR count). The highest BCUT2D eigenvalue weighted by atomic mass is 79.9. The average Bonchev–Trinajstić information content (AvgIpc) is 2.56. The van der Waals surface area contributed by atoms with Crippen LogP contribution in [0.25, 0.3) is 0 Å². The number of hydrogen-bond acceptors (Lipinski definition) is 5. The van der Waals surface area contributed by atoms with Gasteiger partial charge in [-0.25, -0.2) is 4.79 Å². The smallest absolute Gasteiger partial charge is 0.338 e. The van der Waals surface area contributed by atoms with Crippen molar-refractivity contribution in [1.29, 1.82) is 0 Å². The van der Waals surface area contributed by atoms with E-state index in [0.717, 1.165) is 0 Å². The molecule has 2 aromatic carbocycles. The Kier molecular flexibility index (Phi) is 5.30. The molecule has 0 spiro atoms. The van der Waals surface area contributed by atoms with Crippen molar-refractivity contribution in [1.82, 2.24) is 0 Å². The number of carbonyl (C=O) groups excluding carboxylic acids is 2. The highest BCUT2D eigenvalue weighted by Gasteiger charge is 2.18. The number of methoxy groups -OCH3 is 1. The number of ether oxygens (including phenoxy) is 1. The van der Waals surface area contributed by atoms with Gasteiger partial charge >= 0.3 is 5.97 Å². The van der Waals surface area contributed by atoms with E-state index in [2.05, 4.69) is 26.0 Å². The molecule has 0 aromatic heterocycles. The van der Waals surface area contributed by atoms with E-state index < -0.39 is 16.8 Å². The van der Waals surface area contributed by atoms with E-state index in [1.807, 2.05) is 0 Å². The van der Waals surface area contributed by atoms with Crippen molar-refractivity contribution in [2.45, 2.75) is 6.92 Å². The normalized spacial score (nSPS) is 10.1. The molecule has 2 aromatic rings. The third-order valence-corrected chi connectivity index (χ3v) is 4.06. The van der Waals surface area contributed by atoms with Crippen LogP contribution in [-0.2, 0) is 4.74 Å². The first kappa shape index (κ1) is 17.6. The van der Waals surface area contributed by atoms with Crippen molar-refractivity contribution in [3.05, 3.63) is 67.7 Å². The minimum Gasteiger partial charge on any atom is -0.465 e. The first-order chi connectivity index (χ1) is 11.3. The summed E-state index contributed by atoms with van der Waals surface area (Å²) in [5.74, 6) is -1.03. The first-order valence-corrected chi connectivity index (χ1v) is 7.57. The van der Waals surface area contributed by atoms with Gasteiger partial charge in [0.2, 0.25) is 0 Å². The van der Waals surface area contributed by atoms with Crippen molar-refractivity contribution in [2.24, 2.45) is 0 Å². The molecule has 7 nitrogen and oxygen atoms in total. The fourth-order valence-corrected chi connectivity index (χ4v) is 2.48. The monoisotopic (exact) mass is 392 g/mol. The summed E-state index contributed by atoms with van der Waals surface area (Å²) in [5.41, 5.74) is 1.23. The lowest BCUT2D eigenvalue weighted by atomic mass is 10.1. The summed E-state index contributed by atoms with van der Waals surface area (Å²) in [7, 11) is 1.27. The number of nitro benzene ring substituents is 1. The second-order valence-electron chi connectivity index (χ2n) is 4.85. The van der Waals surface area contributed by atoms with Gasteiger partial charge in [0, 0.05) is 17.3 Å². The third kappa shape index (κ3) is 3.60. The van der Waals surface area contributed by atoms with Crippen LogP contribution in [0.1, 0.15) is 26.3 Å². The van der Waals surface area contributed by atoms with Gasteiger partial charge in [-0.2, -0.15) is 0 Å². The van der Waals surface area contributed by atoms with Gasteiger partial charge in [-0.1, -0.05) is 6.07 Å². The van der Waals surface area contributed by atoms with Crippen LogP contribution < -0.4 is 5.32 Å². The predicted octanol–water partition coefficient (Wildman–Crippen LogP) is 3.70. The molecule has 0 aliphatic rings. The summed E-state index contributed by atoms with van der Waals surface area (Å²) in [6, 6.07) is 8.91. The number of hydrogen-bond donors (Lipinski definition) is 1. The van der Waals surface area contributed by atoms with Gasteiger partial charge in [0.25, 0.3) is 11.6 Å². The summed E-state index contributed by atoms with van der Waals surface area (Å²) in [6.07, 6.45) is 0. The Morgan fingerprint density at radius 3 is 2.58 bits per heavy atom. The van der Waals surface area contributed by atoms with Crippen LogP contribution in [0.2, 0.25) is 0 Å². The lowest BCUT2D eigenvalue weighted by Crippen LogP contribution is -2.14. The molecule has 124 valence electrons. The van der Waals surface area contributed by atoms with Crippen molar-refractivity contribution >= 4 is 39.2 Å². The Morgan fingerprint density at radius 1 is 1.25 bits per heavy atom. The molecule has 0 bridgehead atoms. The standard InChI is InChI=1S/C16H13BrN2O5/c1-9-11(16(21)24-2)4-3-5-13(9)18-15(20)10-6-7-12(17)14(8-10)19(22)23/h3-8H,1-2H3,(H,18,20). The number of amides is 1. The van der Waals surface area contributed by atoms with Crippen LogP contribution in [-0.4, -0.2) is 23.9 Å². The molecule has 0 unspecified atom stereocenters. The molecule has 1 amide bonds. The minimum atomic E-state index is -0.579. The van der Waals surface area contributed by atoms with Crippen molar-refractivity contribution in [3.8, 4) is 0 Å². The maximum Gasteiger partial charge on any atom is 0.338 e. The van der Waals surface area contributed by atoms with Crippen LogP contribution in [0, 0.1) is 17.0 Å². The molecule has 0 heterocycles. The molecule has 0 radical (unpaired) electrons. The topological polar surface area (TPSA) is 98.5 Å². The highest BCUT2D eigenvalue weighted by Crippen LogP contribution is 2.26. The van der Waals surface area contributed by atoms with E-state index in [0.29, 0.717) is 16.8 Å². The molecule has 0 fully saturated rings. The fraction of sp³-hybridized carbons (Fsp3) is 0.125.